The molecule has 102 valence electrons. The van der Waals surface area contributed by atoms with Crippen LogP contribution in [-0.4, -0.2) is 45.2 Å². The van der Waals surface area contributed by atoms with Gasteiger partial charge in [-0.3, -0.25) is 0 Å². The maximum absolute atomic E-state index is 5.91. The fourth-order valence-electron chi connectivity index (χ4n) is 2.15. The van der Waals surface area contributed by atoms with E-state index in [0.29, 0.717) is 0 Å². The van der Waals surface area contributed by atoms with Crippen LogP contribution in [-0.2, 0) is 6.42 Å². The molecule has 0 aliphatic carbocycles. The van der Waals surface area contributed by atoms with Crippen molar-refractivity contribution in [3.63, 3.8) is 0 Å². The van der Waals surface area contributed by atoms with Gasteiger partial charge < -0.3 is 15.5 Å². The zero-order valence-corrected chi connectivity index (χ0v) is 12.2. The second-order valence-electron chi connectivity index (χ2n) is 5.39. The summed E-state index contributed by atoms with van der Waals surface area (Å²) in [5.74, 6) is 0. The molecule has 0 saturated heterocycles. The molecule has 1 unspecified atom stereocenters. The molecule has 3 nitrogen and oxygen atoms in total. The Morgan fingerprint density at radius 3 is 2.39 bits per heavy atom. The van der Waals surface area contributed by atoms with Crippen molar-refractivity contribution in [2.75, 3.05) is 39.1 Å². The van der Waals surface area contributed by atoms with E-state index in [2.05, 4.69) is 62.1 Å². The molecule has 2 N–H and O–H groups in total. The Morgan fingerprint density at radius 1 is 1.11 bits per heavy atom. The van der Waals surface area contributed by atoms with Crippen LogP contribution in [0, 0.1) is 0 Å². The van der Waals surface area contributed by atoms with E-state index in [-0.39, 0.29) is 6.04 Å². The third-order valence-electron chi connectivity index (χ3n) is 3.04. The molecule has 0 aliphatic rings. The Hall–Kier alpha value is -1.06. The zero-order valence-electron chi connectivity index (χ0n) is 12.2. The molecule has 0 spiro atoms. The molecule has 18 heavy (non-hydrogen) atoms. The average Bonchev–Trinajstić information content (AvgIpc) is 2.28. The van der Waals surface area contributed by atoms with Gasteiger partial charge in [0.25, 0.3) is 0 Å². The van der Waals surface area contributed by atoms with E-state index in [4.69, 9.17) is 5.73 Å². The molecule has 0 aromatic heterocycles. The van der Waals surface area contributed by atoms with Gasteiger partial charge in [-0.15, -0.1) is 0 Å². The topological polar surface area (TPSA) is 32.5 Å². The van der Waals surface area contributed by atoms with Gasteiger partial charge in [-0.25, -0.2) is 0 Å². The standard InChI is InChI=1S/C15H27N3/c1-13(16)12-14-8-5-6-9-15(14)18(4)11-7-10-17(2)3/h5-6,8-9,13H,7,10-12,16H2,1-4H3. The molecular weight excluding hydrogens is 222 g/mol. The highest BCUT2D eigenvalue weighted by molar-refractivity contribution is 5.53. The predicted octanol–water partition coefficient (Wildman–Crippen LogP) is 1.96. The summed E-state index contributed by atoms with van der Waals surface area (Å²) in [7, 11) is 6.39. The highest BCUT2D eigenvalue weighted by atomic mass is 15.1. The summed E-state index contributed by atoms with van der Waals surface area (Å²) < 4.78 is 0. The van der Waals surface area contributed by atoms with Crippen LogP contribution in [0.3, 0.4) is 0 Å². The summed E-state index contributed by atoms with van der Waals surface area (Å²) in [6.45, 7) is 4.26. The first-order valence-electron chi connectivity index (χ1n) is 6.70. The smallest absolute Gasteiger partial charge is 0.0396 e. The van der Waals surface area contributed by atoms with Crippen molar-refractivity contribution in [2.24, 2.45) is 5.73 Å². The summed E-state index contributed by atoms with van der Waals surface area (Å²) in [6, 6.07) is 8.77. The maximum Gasteiger partial charge on any atom is 0.0396 e. The molecule has 0 amide bonds. The predicted molar refractivity (Wildman–Crippen MR) is 80.2 cm³/mol. The number of nitrogens with zero attached hydrogens (tertiary/aromatic N) is 2. The first kappa shape index (κ1) is 15.0. The Balaban J connectivity index is 2.63. The van der Waals surface area contributed by atoms with Gasteiger partial charge in [0.2, 0.25) is 0 Å². The fraction of sp³-hybridized carbons (Fsp3) is 0.600. The van der Waals surface area contributed by atoms with Gasteiger partial charge >= 0.3 is 0 Å². The lowest BCUT2D eigenvalue weighted by Crippen LogP contribution is -2.25. The van der Waals surface area contributed by atoms with Gasteiger partial charge in [0, 0.05) is 25.3 Å². The largest absolute Gasteiger partial charge is 0.374 e. The van der Waals surface area contributed by atoms with Gasteiger partial charge in [0.1, 0.15) is 0 Å². The number of para-hydroxylation sites is 1. The van der Waals surface area contributed by atoms with Crippen molar-refractivity contribution >= 4 is 5.69 Å². The van der Waals surface area contributed by atoms with Crippen LogP contribution >= 0.6 is 0 Å². The van der Waals surface area contributed by atoms with Crippen LogP contribution in [0.25, 0.3) is 0 Å². The van der Waals surface area contributed by atoms with Crippen LogP contribution in [0.5, 0.6) is 0 Å². The zero-order chi connectivity index (χ0) is 13.5. The molecule has 1 rings (SSSR count). The second kappa shape index (κ2) is 7.39. The quantitative estimate of drug-likeness (QED) is 0.802. The Morgan fingerprint density at radius 2 is 1.78 bits per heavy atom. The first-order chi connectivity index (χ1) is 8.50. The van der Waals surface area contributed by atoms with Crippen LogP contribution in [0.15, 0.2) is 24.3 Å². The number of benzene rings is 1. The average molecular weight is 249 g/mol. The van der Waals surface area contributed by atoms with Crippen LogP contribution in [0.1, 0.15) is 18.9 Å². The number of rotatable bonds is 7. The number of anilines is 1. The summed E-state index contributed by atoms with van der Waals surface area (Å²) in [4.78, 5) is 4.56. The number of hydrogen-bond acceptors (Lipinski definition) is 3. The maximum atomic E-state index is 5.91. The molecule has 1 aromatic carbocycles. The van der Waals surface area contributed by atoms with E-state index in [9.17, 15) is 0 Å². The van der Waals surface area contributed by atoms with Crippen molar-refractivity contribution in [3.8, 4) is 0 Å². The highest BCUT2D eigenvalue weighted by Crippen LogP contribution is 2.20. The van der Waals surface area contributed by atoms with E-state index in [1.807, 2.05) is 0 Å². The van der Waals surface area contributed by atoms with E-state index < -0.39 is 0 Å². The van der Waals surface area contributed by atoms with Crippen LogP contribution in [0.2, 0.25) is 0 Å². The summed E-state index contributed by atoms with van der Waals surface area (Å²) in [5.41, 5.74) is 8.57. The van der Waals surface area contributed by atoms with E-state index in [0.717, 1.165) is 19.5 Å². The minimum absolute atomic E-state index is 0.210. The first-order valence-corrected chi connectivity index (χ1v) is 6.70. The van der Waals surface area contributed by atoms with Crippen LogP contribution in [0.4, 0.5) is 5.69 Å². The highest BCUT2D eigenvalue weighted by Gasteiger charge is 2.08. The van der Waals surface area contributed by atoms with E-state index >= 15 is 0 Å². The van der Waals surface area contributed by atoms with Crippen molar-refractivity contribution in [3.05, 3.63) is 29.8 Å². The third-order valence-corrected chi connectivity index (χ3v) is 3.04. The van der Waals surface area contributed by atoms with Crippen LogP contribution < -0.4 is 10.6 Å². The Bertz CT molecular complexity index is 347. The molecule has 0 radical (unpaired) electrons. The SMILES string of the molecule is CC(N)Cc1ccccc1N(C)CCCN(C)C. The van der Waals surface area contributed by atoms with Gasteiger partial charge in [-0.05, 0) is 52.0 Å². The fourth-order valence-corrected chi connectivity index (χ4v) is 2.15. The lowest BCUT2D eigenvalue weighted by atomic mass is 10.0. The summed E-state index contributed by atoms with van der Waals surface area (Å²) in [5, 5.41) is 0. The molecule has 0 bridgehead atoms. The van der Waals surface area contributed by atoms with Crippen molar-refractivity contribution in [1.29, 1.82) is 0 Å². The molecule has 3 heteroatoms. The molecular formula is C15H27N3. The van der Waals surface area contributed by atoms with Crippen molar-refractivity contribution in [2.45, 2.75) is 25.8 Å². The Labute approximate surface area is 112 Å². The lowest BCUT2D eigenvalue weighted by molar-refractivity contribution is 0.401. The van der Waals surface area contributed by atoms with E-state index in [1.54, 1.807) is 0 Å². The molecule has 0 aliphatic heterocycles. The van der Waals surface area contributed by atoms with Gasteiger partial charge in [0.05, 0.1) is 0 Å². The molecule has 1 aromatic rings. The minimum Gasteiger partial charge on any atom is -0.374 e. The van der Waals surface area contributed by atoms with Crippen molar-refractivity contribution in [1.82, 2.24) is 4.90 Å². The van der Waals surface area contributed by atoms with Gasteiger partial charge in [-0.1, -0.05) is 18.2 Å². The molecule has 1 atom stereocenters. The molecule has 0 fully saturated rings. The van der Waals surface area contributed by atoms with Crippen molar-refractivity contribution < 1.29 is 0 Å². The molecule has 0 saturated carbocycles. The molecule has 0 heterocycles. The third kappa shape index (κ3) is 5.07. The summed E-state index contributed by atoms with van der Waals surface area (Å²) in [6.07, 6.45) is 2.12. The van der Waals surface area contributed by atoms with E-state index in [1.165, 1.54) is 17.7 Å². The monoisotopic (exact) mass is 249 g/mol. The minimum atomic E-state index is 0.210. The Kier molecular flexibility index (Phi) is 6.16. The number of nitrogens with two attached hydrogens (primary N) is 1. The van der Waals surface area contributed by atoms with Gasteiger partial charge in [-0.2, -0.15) is 0 Å². The normalized spacial score (nSPS) is 12.8. The second-order valence-corrected chi connectivity index (χ2v) is 5.39. The number of hydrogen-bond donors (Lipinski definition) is 1. The lowest BCUT2D eigenvalue weighted by Gasteiger charge is -2.24. The van der Waals surface area contributed by atoms with Gasteiger partial charge in [0.15, 0.2) is 0 Å². The summed E-state index contributed by atoms with van der Waals surface area (Å²) >= 11 is 0.